The Balaban J connectivity index is 1.95. The van der Waals surface area contributed by atoms with Crippen LogP contribution in [0.15, 0.2) is 12.1 Å². The van der Waals surface area contributed by atoms with Gasteiger partial charge in [0.25, 0.3) is 0 Å². The largest absolute Gasteiger partial charge is 0.486 e. The highest BCUT2D eigenvalue weighted by Gasteiger charge is 2.21. The summed E-state index contributed by atoms with van der Waals surface area (Å²) in [5.74, 6) is 2.41. The Labute approximate surface area is 109 Å². The minimum atomic E-state index is 0.110. The van der Waals surface area contributed by atoms with Crippen molar-refractivity contribution in [2.24, 2.45) is 5.92 Å². The van der Waals surface area contributed by atoms with Crippen LogP contribution in [0.5, 0.6) is 11.5 Å². The van der Waals surface area contributed by atoms with Crippen molar-refractivity contribution in [2.45, 2.75) is 33.8 Å². The molecule has 0 fully saturated rings. The van der Waals surface area contributed by atoms with Gasteiger partial charge in [-0.05, 0) is 49.6 Å². The van der Waals surface area contributed by atoms with Crippen LogP contribution in [0.1, 0.15) is 25.0 Å². The number of nitrogens with one attached hydrogen (secondary N) is 1. The van der Waals surface area contributed by atoms with Gasteiger partial charge in [-0.25, -0.2) is 0 Å². The highest BCUT2D eigenvalue weighted by Crippen LogP contribution is 2.34. The van der Waals surface area contributed by atoms with E-state index >= 15 is 0 Å². The third-order valence-corrected chi connectivity index (χ3v) is 3.20. The van der Waals surface area contributed by atoms with E-state index < -0.39 is 0 Å². The maximum atomic E-state index is 5.96. The quantitative estimate of drug-likeness (QED) is 0.890. The molecule has 3 heteroatoms. The molecule has 0 amide bonds. The van der Waals surface area contributed by atoms with Gasteiger partial charge in [0.05, 0.1) is 0 Å². The smallest absolute Gasteiger partial charge is 0.162 e. The summed E-state index contributed by atoms with van der Waals surface area (Å²) in [6.45, 7) is 11.1. The minimum absolute atomic E-state index is 0.110. The van der Waals surface area contributed by atoms with Crippen molar-refractivity contribution in [3.8, 4) is 11.5 Å². The van der Waals surface area contributed by atoms with Gasteiger partial charge >= 0.3 is 0 Å². The third kappa shape index (κ3) is 3.16. The lowest BCUT2D eigenvalue weighted by Crippen LogP contribution is -2.39. The average molecular weight is 249 g/mol. The zero-order chi connectivity index (χ0) is 13.1. The van der Waals surface area contributed by atoms with Crippen LogP contribution in [0.25, 0.3) is 0 Å². The number of benzene rings is 1. The Morgan fingerprint density at radius 3 is 2.56 bits per heavy atom. The van der Waals surface area contributed by atoms with Crippen LogP contribution in [-0.4, -0.2) is 25.8 Å². The predicted octanol–water partition coefficient (Wildman–Crippen LogP) is 2.69. The molecule has 0 aromatic heterocycles. The lowest BCUT2D eigenvalue weighted by Gasteiger charge is -2.27. The van der Waals surface area contributed by atoms with Gasteiger partial charge in [0, 0.05) is 6.54 Å². The van der Waals surface area contributed by atoms with Crippen molar-refractivity contribution in [1.29, 1.82) is 0 Å². The molecule has 1 aliphatic rings. The van der Waals surface area contributed by atoms with Gasteiger partial charge in [0.15, 0.2) is 11.5 Å². The first-order chi connectivity index (χ1) is 8.56. The molecule has 100 valence electrons. The third-order valence-electron chi connectivity index (χ3n) is 3.20. The van der Waals surface area contributed by atoms with E-state index in [0.717, 1.165) is 24.6 Å². The first-order valence-corrected chi connectivity index (χ1v) is 6.67. The van der Waals surface area contributed by atoms with E-state index in [4.69, 9.17) is 9.47 Å². The van der Waals surface area contributed by atoms with E-state index in [1.165, 1.54) is 11.1 Å². The minimum Gasteiger partial charge on any atom is -0.486 e. The Hall–Kier alpha value is -1.22. The monoisotopic (exact) mass is 249 g/mol. The second-order valence-corrected chi connectivity index (χ2v) is 5.49. The molecule has 0 aliphatic carbocycles. The Bertz CT molecular complexity index is 415. The van der Waals surface area contributed by atoms with Gasteiger partial charge in [0.1, 0.15) is 12.7 Å². The van der Waals surface area contributed by atoms with E-state index in [1.807, 2.05) is 0 Å². The van der Waals surface area contributed by atoms with Crippen molar-refractivity contribution < 1.29 is 9.47 Å². The topological polar surface area (TPSA) is 30.5 Å². The molecule has 1 unspecified atom stereocenters. The lowest BCUT2D eigenvalue weighted by molar-refractivity contribution is 0.0898. The maximum absolute atomic E-state index is 5.96. The van der Waals surface area contributed by atoms with Gasteiger partial charge in [-0.15, -0.1) is 0 Å². The Morgan fingerprint density at radius 1 is 1.22 bits per heavy atom. The first kappa shape index (κ1) is 13.2. The van der Waals surface area contributed by atoms with Crippen molar-refractivity contribution in [3.05, 3.63) is 23.3 Å². The van der Waals surface area contributed by atoms with E-state index in [-0.39, 0.29) is 6.10 Å². The molecule has 0 radical (unpaired) electrons. The molecule has 1 N–H and O–H groups in total. The molecule has 0 bridgehead atoms. The fraction of sp³-hybridized carbons (Fsp3) is 0.600. The zero-order valence-electron chi connectivity index (χ0n) is 11.7. The highest BCUT2D eigenvalue weighted by molar-refractivity contribution is 5.47. The Morgan fingerprint density at radius 2 is 1.89 bits per heavy atom. The molecular formula is C15H23NO2. The number of rotatable bonds is 4. The van der Waals surface area contributed by atoms with Crippen LogP contribution in [0, 0.1) is 19.8 Å². The number of hydrogen-bond donors (Lipinski definition) is 1. The predicted molar refractivity (Wildman–Crippen MR) is 73.5 cm³/mol. The van der Waals surface area contributed by atoms with E-state index in [2.05, 4.69) is 45.1 Å². The molecule has 1 heterocycles. The maximum Gasteiger partial charge on any atom is 0.162 e. The second-order valence-electron chi connectivity index (χ2n) is 5.49. The molecule has 0 saturated carbocycles. The number of hydrogen-bond acceptors (Lipinski definition) is 3. The van der Waals surface area contributed by atoms with Gasteiger partial charge in [0.2, 0.25) is 0 Å². The molecule has 1 aromatic rings. The fourth-order valence-electron chi connectivity index (χ4n) is 2.00. The fourth-order valence-corrected chi connectivity index (χ4v) is 2.00. The molecule has 0 spiro atoms. The first-order valence-electron chi connectivity index (χ1n) is 6.67. The van der Waals surface area contributed by atoms with Gasteiger partial charge < -0.3 is 14.8 Å². The summed E-state index contributed by atoms with van der Waals surface area (Å²) in [6, 6.07) is 4.13. The van der Waals surface area contributed by atoms with E-state index in [0.29, 0.717) is 12.5 Å². The molecule has 0 saturated heterocycles. The second kappa shape index (κ2) is 5.61. The number of ether oxygens (including phenoxy) is 2. The Kier molecular flexibility index (Phi) is 4.12. The summed E-state index contributed by atoms with van der Waals surface area (Å²) < 4.78 is 11.7. The molecule has 18 heavy (non-hydrogen) atoms. The summed E-state index contributed by atoms with van der Waals surface area (Å²) in [4.78, 5) is 0. The summed E-state index contributed by atoms with van der Waals surface area (Å²) in [7, 11) is 0. The lowest BCUT2D eigenvalue weighted by atomic mass is 10.1. The van der Waals surface area contributed by atoms with Crippen LogP contribution in [-0.2, 0) is 0 Å². The van der Waals surface area contributed by atoms with E-state index in [1.54, 1.807) is 0 Å². The molecule has 2 rings (SSSR count). The van der Waals surface area contributed by atoms with Gasteiger partial charge in [-0.1, -0.05) is 13.8 Å². The number of aryl methyl sites for hydroxylation is 2. The van der Waals surface area contributed by atoms with Gasteiger partial charge in [-0.3, -0.25) is 0 Å². The molecule has 1 aliphatic heterocycles. The van der Waals surface area contributed by atoms with Crippen LogP contribution < -0.4 is 14.8 Å². The normalized spacial score (nSPS) is 18.2. The average Bonchev–Trinajstić information content (AvgIpc) is 2.30. The summed E-state index contributed by atoms with van der Waals surface area (Å²) in [6.07, 6.45) is 0.110. The van der Waals surface area contributed by atoms with Crippen LogP contribution in [0.4, 0.5) is 0 Å². The van der Waals surface area contributed by atoms with Crippen LogP contribution in [0.2, 0.25) is 0 Å². The van der Waals surface area contributed by atoms with Gasteiger partial charge in [-0.2, -0.15) is 0 Å². The summed E-state index contributed by atoms with van der Waals surface area (Å²) >= 11 is 0. The molecule has 1 atom stereocenters. The van der Waals surface area contributed by atoms with E-state index in [9.17, 15) is 0 Å². The highest BCUT2D eigenvalue weighted by atomic mass is 16.6. The van der Waals surface area contributed by atoms with Crippen molar-refractivity contribution in [3.63, 3.8) is 0 Å². The van der Waals surface area contributed by atoms with Crippen molar-refractivity contribution >= 4 is 0 Å². The molecule has 3 nitrogen and oxygen atoms in total. The molecule has 1 aromatic carbocycles. The van der Waals surface area contributed by atoms with Crippen LogP contribution in [0.3, 0.4) is 0 Å². The van der Waals surface area contributed by atoms with Crippen LogP contribution >= 0.6 is 0 Å². The zero-order valence-corrected chi connectivity index (χ0v) is 11.7. The van der Waals surface area contributed by atoms with Crippen molar-refractivity contribution in [1.82, 2.24) is 5.32 Å². The van der Waals surface area contributed by atoms with Crippen molar-refractivity contribution in [2.75, 3.05) is 19.7 Å². The summed E-state index contributed by atoms with van der Waals surface area (Å²) in [5, 5.41) is 3.41. The SMILES string of the molecule is Cc1cc2c(cc1C)OC(CNCC(C)C)CO2. The summed E-state index contributed by atoms with van der Waals surface area (Å²) in [5.41, 5.74) is 2.49. The standard InChI is InChI=1S/C15H23NO2/c1-10(2)7-16-8-13-9-17-14-5-11(3)12(4)6-15(14)18-13/h5-6,10,13,16H,7-9H2,1-4H3. The molecular weight excluding hydrogens is 226 g/mol. The number of fused-ring (bicyclic) bond motifs is 1.